The summed E-state index contributed by atoms with van der Waals surface area (Å²) >= 11 is 0. The molecule has 0 aliphatic heterocycles. The molecular formula is C35H42O2. The summed E-state index contributed by atoms with van der Waals surface area (Å²) < 4.78 is 0. The lowest BCUT2D eigenvalue weighted by atomic mass is 10.2. The maximum Gasteiger partial charge on any atom is 0.145 e. The molecule has 0 N–H and O–H groups in total. The molecule has 0 aromatic carbocycles. The molecule has 0 aromatic heterocycles. The smallest absolute Gasteiger partial charge is 0.145 e. The van der Waals surface area contributed by atoms with E-state index in [0.29, 0.717) is 11.1 Å². The van der Waals surface area contributed by atoms with Gasteiger partial charge < -0.3 is 0 Å². The fourth-order valence-corrected chi connectivity index (χ4v) is 2.53. The fraction of sp³-hybridized carbons (Fsp3) is 0.200. The molecule has 0 aromatic rings. The summed E-state index contributed by atoms with van der Waals surface area (Å²) in [4.78, 5) is 21.1. The quantitative estimate of drug-likeness (QED) is 0.137. The van der Waals surface area contributed by atoms with E-state index in [4.69, 9.17) is 0 Å². The number of aldehydes is 2. The Morgan fingerprint density at radius 1 is 0.297 bits per heavy atom. The number of hydrogen-bond acceptors (Lipinski definition) is 2. The molecule has 0 bridgehead atoms. The third kappa shape index (κ3) is 21.0. The van der Waals surface area contributed by atoms with Crippen LogP contribution in [0, 0.1) is 0 Å². The molecule has 0 aliphatic carbocycles. The molecule has 2 heteroatoms. The summed E-state index contributed by atoms with van der Waals surface area (Å²) in [5, 5.41) is 0. The predicted octanol–water partition coefficient (Wildman–Crippen LogP) is 9.35. The van der Waals surface area contributed by atoms with E-state index in [0.717, 1.165) is 40.4 Å². The molecule has 194 valence electrons. The minimum Gasteiger partial charge on any atom is -0.298 e. The Morgan fingerprint density at radius 3 is 0.703 bits per heavy atom. The van der Waals surface area contributed by atoms with Crippen LogP contribution in [-0.2, 0) is 9.59 Å². The monoisotopic (exact) mass is 494 g/mol. The standard InChI is InChI=1S/C35H42O2/c1-29(17-10-19-31(3)21-12-22-33(5)24-14-26-35(7)28-37)15-8-9-16-30(2)18-11-20-32(4)23-13-25-34(6)27-36/h8-28H,1-7H3/b9-8+,17-10+,18-11+,21-12+,23-13+,24-14+,29-15+,30-16+,31-19+,32-20+,33-22+,34-25+,35-26+. The van der Waals surface area contributed by atoms with Gasteiger partial charge in [0.1, 0.15) is 12.6 Å². The first-order valence-corrected chi connectivity index (χ1v) is 12.3. The van der Waals surface area contributed by atoms with Gasteiger partial charge in [-0.3, -0.25) is 9.59 Å². The second-order valence-electron chi connectivity index (χ2n) is 8.79. The molecule has 0 heterocycles. The maximum absolute atomic E-state index is 10.6. The van der Waals surface area contributed by atoms with E-state index in [-0.39, 0.29) is 0 Å². The summed E-state index contributed by atoms with van der Waals surface area (Å²) in [6.45, 7) is 13.8. The average Bonchev–Trinajstić information content (AvgIpc) is 2.86. The second kappa shape index (κ2) is 21.3. The third-order valence-corrected chi connectivity index (χ3v) is 4.79. The van der Waals surface area contributed by atoms with Gasteiger partial charge >= 0.3 is 0 Å². The molecule has 0 spiro atoms. The van der Waals surface area contributed by atoms with Crippen LogP contribution in [0.3, 0.4) is 0 Å². The Hall–Kier alpha value is -4.04. The molecule has 37 heavy (non-hydrogen) atoms. The summed E-state index contributed by atoms with van der Waals surface area (Å²) in [6, 6.07) is 0. The van der Waals surface area contributed by atoms with E-state index in [1.165, 1.54) is 0 Å². The van der Waals surface area contributed by atoms with Crippen molar-refractivity contribution in [2.75, 3.05) is 0 Å². The number of allylic oxidation sites excluding steroid dienone is 26. The lowest BCUT2D eigenvalue weighted by molar-refractivity contribution is -0.105. The average molecular weight is 495 g/mol. The molecule has 2 nitrogen and oxygen atoms in total. The Bertz CT molecular complexity index is 1140. The van der Waals surface area contributed by atoms with Crippen LogP contribution in [-0.4, -0.2) is 12.6 Å². The van der Waals surface area contributed by atoms with Crippen LogP contribution in [0.5, 0.6) is 0 Å². The first-order valence-electron chi connectivity index (χ1n) is 12.3. The second-order valence-corrected chi connectivity index (χ2v) is 8.79. The van der Waals surface area contributed by atoms with E-state index < -0.39 is 0 Å². The van der Waals surface area contributed by atoms with Crippen LogP contribution in [0.1, 0.15) is 48.5 Å². The fourth-order valence-electron chi connectivity index (χ4n) is 2.53. The molecule has 0 amide bonds. The van der Waals surface area contributed by atoms with E-state index >= 15 is 0 Å². The number of hydrogen-bond donors (Lipinski definition) is 0. The van der Waals surface area contributed by atoms with Gasteiger partial charge in [0.05, 0.1) is 0 Å². The lowest BCUT2D eigenvalue weighted by Gasteiger charge is -1.91. The zero-order valence-electron chi connectivity index (χ0n) is 23.4. The van der Waals surface area contributed by atoms with Crippen molar-refractivity contribution in [3.8, 4) is 0 Å². The Labute approximate surface area is 225 Å². The van der Waals surface area contributed by atoms with Gasteiger partial charge in [-0.2, -0.15) is 0 Å². The van der Waals surface area contributed by atoms with Gasteiger partial charge in [-0.15, -0.1) is 0 Å². The van der Waals surface area contributed by atoms with Crippen molar-refractivity contribution in [2.45, 2.75) is 48.5 Å². The van der Waals surface area contributed by atoms with Gasteiger partial charge in [-0.05, 0) is 59.6 Å². The van der Waals surface area contributed by atoms with Gasteiger partial charge in [0.15, 0.2) is 0 Å². The highest BCUT2D eigenvalue weighted by atomic mass is 16.1. The van der Waals surface area contributed by atoms with E-state index in [9.17, 15) is 9.59 Å². The van der Waals surface area contributed by atoms with Gasteiger partial charge in [0, 0.05) is 0 Å². The summed E-state index contributed by atoms with van der Waals surface area (Å²) in [7, 11) is 0. The first-order chi connectivity index (χ1) is 17.7. The largest absolute Gasteiger partial charge is 0.298 e. The zero-order valence-corrected chi connectivity index (χ0v) is 23.4. The van der Waals surface area contributed by atoms with Crippen molar-refractivity contribution in [1.29, 1.82) is 0 Å². The molecule has 0 atom stereocenters. The van der Waals surface area contributed by atoms with Crippen LogP contribution < -0.4 is 0 Å². The maximum atomic E-state index is 10.6. The predicted molar refractivity (Wildman–Crippen MR) is 163 cm³/mol. The van der Waals surface area contributed by atoms with Crippen LogP contribution >= 0.6 is 0 Å². The number of rotatable bonds is 14. The molecule has 0 radical (unpaired) electrons. The normalized spacial score (nSPS) is 16.1. The third-order valence-electron chi connectivity index (χ3n) is 4.79. The van der Waals surface area contributed by atoms with Crippen molar-refractivity contribution in [1.82, 2.24) is 0 Å². The minimum absolute atomic E-state index is 0.703. The van der Waals surface area contributed by atoms with Crippen LogP contribution in [0.15, 0.2) is 154 Å². The zero-order chi connectivity index (χ0) is 27.9. The minimum atomic E-state index is 0.703. The van der Waals surface area contributed by atoms with E-state index in [1.807, 2.05) is 80.7 Å². The van der Waals surface area contributed by atoms with Crippen molar-refractivity contribution >= 4 is 12.6 Å². The molecule has 0 aliphatic rings. The Morgan fingerprint density at radius 2 is 0.486 bits per heavy atom. The first kappa shape index (κ1) is 33.0. The van der Waals surface area contributed by atoms with Gasteiger partial charge in [0.25, 0.3) is 0 Å². The van der Waals surface area contributed by atoms with Crippen LogP contribution in [0.4, 0.5) is 0 Å². The van der Waals surface area contributed by atoms with Crippen LogP contribution in [0.25, 0.3) is 0 Å². The number of carbonyl (C=O) groups excluding carboxylic acids is 2. The number of carbonyl (C=O) groups is 2. The highest BCUT2D eigenvalue weighted by molar-refractivity contribution is 5.73. The van der Waals surface area contributed by atoms with E-state index in [2.05, 4.69) is 57.2 Å². The van der Waals surface area contributed by atoms with Crippen LogP contribution in [0.2, 0.25) is 0 Å². The van der Waals surface area contributed by atoms with Crippen molar-refractivity contribution in [3.63, 3.8) is 0 Å². The topological polar surface area (TPSA) is 34.1 Å². The highest BCUT2D eigenvalue weighted by Crippen LogP contribution is 2.04. The molecule has 0 saturated heterocycles. The summed E-state index contributed by atoms with van der Waals surface area (Å²) in [5.41, 5.74) is 7.10. The molecule has 0 fully saturated rings. The Kier molecular flexibility index (Phi) is 18.9. The highest BCUT2D eigenvalue weighted by Gasteiger charge is 1.84. The lowest BCUT2D eigenvalue weighted by Crippen LogP contribution is -1.73. The molecule has 0 unspecified atom stereocenters. The van der Waals surface area contributed by atoms with Crippen molar-refractivity contribution < 1.29 is 9.59 Å². The van der Waals surface area contributed by atoms with Crippen molar-refractivity contribution in [3.05, 3.63) is 154 Å². The van der Waals surface area contributed by atoms with Gasteiger partial charge in [0.2, 0.25) is 0 Å². The van der Waals surface area contributed by atoms with Gasteiger partial charge in [-0.25, -0.2) is 0 Å². The summed E-state index contributed by atoms with van der Waals surface area (Å²) in [6.07, 6.45) is 39.6. The molecular weight excluding hydrogens is 452 g/mol. The SMILES string of the molecule is C\C(C=O)=C/C=C/C(C)=C/C=C/C(C)=C/C=C/C=C(C)/C=C/C=C(C)/C=C/C=C(C)/C=C/C=C(\C)C=O. The van der Waals surface area contributed by atoms with Gasteiger partial charge in [-0.1, -0.05) is 143 Å². The summed E-state index contributed by atoms with van der Waals surface area (Å²) in [5.74, 6) is 0. The Balaban J connectivity index is 4.79. The molecule has 0 saturated carbocycles. The van der Waals surface area contributed by atoms with E-state index in [1.54, 1.807) is 26.0 Å². The molecule has 0 rings (SSSR count). The van der Waals surface area contributed by atoms with Crippen molar-refractivity contribution in [2.24, 2.45) is 0 Å².